The second-order valence-electron chi connectivity index (χ2n) is 3.15. The van der Waals surface area contributed by atoms with Gasteiger partial charge in [-0.3, -0.25) is 4.79 Å². The molecule has 1 heterocycles. The highest BCUT2D eigenvalue weighted by atomic mass is 16.5. The van der Waals surface area contributed by atoms with Gasteiger partial charge in [0.2, 0.25) is 0 Å². The van der Waals surface area contributed by atoms with Crippen molar-refractivity contribution >= 4 is 11.7 Å². The maximum absolute atomic E-state index is 11.2. The predicted octanol–water partition coefficient (Wildman–Crippen LogP) is 0.553. The van der Waals surface area contributed by atoms with Gasteiger partial charge < -0.3 is 10.5 Å². The molecular formula is C9H13N3O2. The Morgan fingerprint density at radius 1 is 1.50 bits per heavy atom. The third-order valence-corrected chi connectivity index (χ3v) is 1.39. The average molecular weight is 195 g/mol. The van der Waals surface area contributed by atoms with Gasteiger partial charge in [0.05, 0.1) is 24.2 Å². The van der Waals surface area contributed by atoms with E-state index in [2.05, 4.69) is 9.97 Å². The van der Waals surface area contributed by atoms with Gasteiger partial charge in [-0.05, 0) is 13.8 Å². The zero-order chi connectivity index (χ0) is 10.6. The van der Waals surface area contributed by atoms with Gasteiger partial charge in [-0.15, -0.1) is 0 Å². The summed E-state index contributed by atoms with van der Waals surface area (Å²) in [5.41, 5.74) is 5.87. The van der Waals surface area contributed by atoms with Gasteiger partial charge in [-0.25, -0.2) is 9.97 Å². The van der Waals surface area contributed by atoms with E-state index in [0.717, 1.165) is 0 Å². The predicted molar refractivity (Wildman–Crippen MR) is 51.4 cm³/mol. The number of rotatable bonds is 3. The van der Waals surface area contributed by atoms with E-state index in [4.69, 9.17) is 10.5 Å². The van der Waals surface area contributed by atoms with Gasteiger partial charge in [0.15, 0.2) is 0 Å². The molecule has 0 fully saturated rings. The summed E-state index contributed by atoms with van der Waals surface area (Å²) in [4.78, 5) is 19.0. The van der Waals surface area contributed by atoms with Gasteiger partial charge in [-0.1, -0.05) is 0 Å². The van der Waals surface area contributed by atoms with Crippen LogP contribution in [0.2, 0.25) is 0 Å². The highest BCUT2D eigenvalue weighted by molar-refractivity contribution is 5.71. The smallest absolute Gasteiger partial charge is 0.313 e. The van der Waals surface area contributed by atoms with Crippen molar-refractivity contribution in [2.24, 2.45) is 0 Å². The van der Waals surface area contributed by atoms with Crippen LogP contribution in [0.15, 0.2) is 12.4 Å². The van der Waals surface area contributed by atoms with Crippen molar-refractivity contribution in [3.63, 3.8) is 0 Å². The summed E-state index contributed by atoms with van der Waals surface area (Å²) >= 11 is 0. The lowest BCUT2D eigenvalue weighted by atomic mass is 10.4. The Bertz CT molecular complexity index is 308. The Balaban J connectivity index is 2.52. The van der Waals surface area contributed by atoms with Crippen molar-refractivity contribution in [2.75, 3.05) is 5.73 Å². The number of hydrogen-bond acceptors (Lipinski definition) is 5. The van der Waals surface area contributed by atoms with E-state index in [1.807, 2.05) is 0 Å². The summed E-state index contributed by atoms with van der Waals surface area (Å²) in [6.45, 7) is 3.59. The first-order valence-electron chi connectivity index (χ1n) is 4.34. The van der Waals surface area contributed by atoms with Crippen molar-refractivity contribution in [3.8, 4) is 0 Å². The minimum atomic E-state index is -0.329. The van der Waals surface area contributed by atoms with Crippen LogP contribution in [0.25, 0.3) is 0 Å². The lowest BCUT2D eigenvalue weighted by Gasteiger charge is -2.06. The van der Waals surface area contributed by atoms with Gasteiger partial charge in [0.1, 0.15) is 12.2 Å². The molecule has 14 heavy (non-hydrogen) atoms. The number of ether oxygens (including phenoxy) is 1. The zero-order valence-corrected chi connectivity index (χ0v) is 8.23. The highest BCUT2D eigenvalue weighted by Gasteiger charge is 2.08. The van der Waals surface area contributed by atoms with Crippen molar-refractivity contribution in [1.29, 1.82) is 0 Å². The highest BCUT2D eigenvalue weighted by Crippen LogP contribution is 1.99. The van der Waals surface area contributed by atoms with Crippen LogP contribution in [-0.2, 0) is 16.0 Å². The third-order valence-electron chi connectivity index (χ3n) is 1.39. The fraction of sp³-hybridized carbons (Fsp3) is 0.444. The average Bonchev–Trinajstić information content (AvgIpc) is 2.07. The lowest BCUT2D eigenvalue weighted by Crippen LogP contribution is -2.15. The maximum atomic E-state index is 11.2. The van der Waals surface area contributed by atoms with Crippen molar-refractivity contribution in [2.45, 2.75) is 26.4 Å². The van der Waals surface area contributed by atoms with Crippen LogP contribution in [0.4, 0.5) is 5.69 Å². The molecule has 0 aliphatic heterocycles. The fourth-order valence-electron chi connectivity index (χ4n) is 0.890. The minimum absolute atomic E-state index is 0.0818. The topological polar surface area (TPSA) is 78.1 Å². The molecule has 0 amide bonds. The quantitative estimate of drug-likeness (QED) is 0.713. The Labute approximate surface area is 82.3 Å². The molecular weight excluding hydrogens is 182 g/mol. The Kier molecular flexibility index (Phi) is 3.39. The van der Waals surface area contributed by atoms with Gasteiger partial charge >= 0.3 is 5.97 Å². The zero-order valence-electron chi connectivity index (χ0n) is 8.23. The van der Waals surface area contributed by atoms with Crippen LogP contribution in [0.5, 0.6) is 0 Å². The van der Waals surface area contributed by atoms with Crippen LogP contribution < -0.4 is 5.73 Å². The van der Waals surface area contributed by atoms with Gasteiger partial charge in [0, 0.05) is 0 Å². The van der Waals surface area contributed by atoms with Crippen LogP contribution >= 0.6 is 0 Å². The Morgan fingerprint density at radius 2 is 2.07 bits per heavy atom. The van der Waals surface area contributed by atoms with Crippen LogP contribution in [0.1, 0.15) is 19.7 Å². The van der Waals surface area contributed by atoms with Crippen LogP contribution in [-0.4, -0.2) is 22.0 Å². The standard InChI is InChI=1S/C9H13N3O2/c1-6(2)14-9(13)3-8-11-4-7(10)5-12-8/h4-6H,3,10H2,1-2H3. The van der Waals surface area contributed by atoms with Crippen molar-refractivity contribution < 1.29 is 9.53 Å². The monoisotopic (exact) mass is 195 g/mol. The summed E-state index contributed by atoms with van der Waals surface area (Å²) < 4.78 is 4.93. The van der Waals surface area contributed by atoms with E-state index in [0.29, 0.717) is 11.5 Å². The second-order valence-corrected chi connectivity index (χ2v) is 3.15. The molecule has 0 atom stereocenters. The molecule has 1 aromatic rings. The molecule has 1 aromatic heterocycles. The normalized spacial score (nSPS) is 10.2. The number of carbonyl (C=O) groups excluding carboxylic acids is 1. The molecule has 0 spiro atoms. The van der Waals surface area contributed by atoms with Crippen molar-refractivity contribution in [1.82, 2.24) is 9.97 Å². The maximum Gasteiger partial charge on any atom is 0.313 e. The Morgan fingerprint density at radius 3 is 2.57 bits per heavy atom. The van der Waals surface area contributed by atoms with E-state index < -0.39 is 0 Å². The lowest BCUT2D eigenvalue weighted by molar-refractivity contribution is -0.146. The van der Waals surface area contributed by atoms with Crippen molar-refractivity contribution in [3.05, 3.63) is 18.2 Å². The van der Waals surface area contributed by atoms with Gasteiger partial charge in [-0.2, -0.15) is 0 Å². The number of carbonyl (C=O) groups is 1. The number of esters is 1. The molecule has 0 aromatic carbocycles. The number of anilines is 1. The molecule has 0 aliphatic carbocycles. The van der Waals surface area contributed by atoms with E-state index >= 15 is 0 Å². The largest absolute Gasteiger partial charge is 0.463 e. The number of nitrogens with two attached hydrogens (primary N) is 1. The third kappa shape index (κ3) is 3.38. The summed E-state index contributed by atoms with van der Waals surface area (Å²) in [7, 11) is 0. The molecule has 2 N–H and O–H groups in total. The second kappa shape index (κ2) is 4.55. The minimum Gasteiger partial charge on any atom is -0.463 e. The molecule has 0 aliphatic rings. The molecule has 0 unspecified atom stereocenters. The Hall–Kier alpha value is -1.65. The molecule has 5 heteroatoms. The SMILES string of the molecule is CC(C)OC(=O)Cc1ncc(N)cn1. The summed E-state index contributed by atoms with van der Waals surface area (Å²) in [5, 5.41) is 0. The number of nitrogen functional groups attached to an aromatic ring is 1. The van der Waals surface area contributed by atoms with Crippen LogP contribution in [0, 0.1) is 0 Å². The fourth-order valence-corrected chi connectivity index (χ4v) is 0.890. The van der Waals surface area contributed by atoms with E-state index in [1.165, 1.54) is 12.4 Å². The first-order chi connectivity index (χ1) is 6.58. The number of aromatic nitrogens is 2. The first-order valence-corrected chi connectivity index (χ1v) is 4.34. The van der Waals surface area contributed by atoms with E-state index in [9.17, 15) is 4.79 Å². The molecule has 0 saturated heterocycles. The number of hydrogen-bond donors (Lipinski definition) is 1. The molecule has 1 rings (SSSR count). The van der Waals surface area contributed by atoms with Gasteiger partial charge in [0.25, 0.3) is 0 Å². The molecule has 5 nitrogen and oxygen atoms in total. The summed E-state index contributed by atoms with van der Waals surface area (Å²) in [5.74, 6) is 0.0922. The van der Waals surface area contributed by atoms with E-state index in [1.54, 1.807) is 13.8 Å². The molecule has 0 saturated carbocycles. The molecule has 76 valence electrons. The molecule has 0 radical (unpaired) electrons. The van der Waals surface area contributed by atoms with Crippen LogP contribution in [0.3, 0.4) is 0 Å². The number of nitrogens with zero attached hydrogens (tertiary/aromatic N) is 2. The molecule has 0 bridgehead atoms. The summed E-state index contributed by atoms with van der Waals surface area (Å²) in [6, 6.07) is 0. The van der Waals surface area contributed by atoms with E-state index in [-0.39, 0.29) is 18.5 Å². The summed E-state index contributed by atoms with van der Waals surface area (Å²) in [6.07, 6.45) is 2.89. The first kappa shape index (κ1) is 10.4.